The van der Waals surface area contributed by atoms with Gasteiger partial charge in [-0.1, -0.05) is 0 Å². The van der Waals surface area contributed by atoms with Crippen LogP contribution in [0.5, 0.6) is 0 Å². The second-order valence-electron chi connectivity index (χ2n) is 4.79. The second kappa shape index (κ2) is 5.64. The maximum Gasteiger partial charge on any atom is 0.407 e. The zero-order chi connectivity index (χ0) is 14.6. The number of ether oxygens (including phenoxy) is 1. The highest BCUT2D eigenvalue weighted by Crippen LogP contribution is 2.08. The standard InChI is InChI=1S/C12H15FN2O4/c1-12(2,3)19-11(18)14-6-7-4-5-8(13)9(15-7)10(16)17/h4-5H,6H2,1-3H3,(H,14,18)(H,16,17). The summed E-state index contributed by atoms with van der Waals surface area (Å²) in [5.74, 6) is -2.38. The first-order valence-electron chi connectivity index (χ1n) is 5.54. The van der Waals surface area contributed by atoms with Crippen molar-refractivity contribution in [1.82, 2.24) is 10.3 Å². The number of carboxylic acids is 1. The van der Waals surface area contributed by atoms with E-state index in [-0.39, 0.29) is 12.2 Å². The summed E-state index contributed by atoms with van der Waals surface area (Å²) in [4.78, 5) is 25.6. The number of hydrogen-bond donors (Lipinski definition) is 2. The Bertz CT molecular complexity index is 497. The average molecular weight is 270 g/mol. The molecule has 0 spiro atoms. The number of amides is 1. The predicted octanol–water partition coefficient (Wildman–Crippen LogP) is 1.94. The first-order valence-corrected chi connectivity index (χ1v) is 5.54. The van der Waals surface area contributed by atoms with E-state index in [1.807, 2.05) is 0 Å². The molecular formula is C12H15FN2O4. The highest BCUT2D eigenvalue weighted by Gasteiger charge is 2.17. The zero-order valence-corrected chi connectivity index (χ0v) is 10.9. The van der Waals surface area contributed by atoms with Crippen LogP contribution in [0.4, 0.5) is 9.18 Å². The largest absolute Gasteiger partial charge is 0.476 e. The molecular weight excluding hydrogens is 255 g/mol. The summed E-state index contributed by atoms with van der Waals surface area (Å²) in [7, 11) is 0. The fourth-order valence-corrected chi connectivity index (χ4v) is 1.21. The van der Waals surface area contributed by atoms with Gasteiger partial charge in [-0.3, -0.25) is 0 Å². The number of pyridine rings is 1. The van der Waals surface area contributed by atoms with Crippen LogP contribution in [0.1, 0.15) is 37.0 Å². The van der Waals surface area contributed by atoms with Crippen LogP contribution >= 0.6 is 0 Å². The number of carboxylic acid groups (broad SMARTS) is 1. The van der Waals surface area contributed by atoms with E-state index < -0.39 is 29.2 Å². The second-order valence-corrected chi connectivity index (χ2v) is 4.79. The first-order chi connectivity index (χ1) is 8.69. The molecule has 0 saturated heterocycles. The fraction of sp³-hybridized carbons (Fsp3) is 0.417. The molecule has 6 nitrogen and oxygen atoms in total. The van der Waals surface area contributed by atoms with Crippen LogP contribution in [0.25, 0.3) is 0 Å². The molecule has 0 radical (unpaired) electrons. The number of carbonyl (C=O) groups excluding carboxylic acids is 1. The van der Waals surface area contributed by atoms with Gasteiger partial charge in [-0.25, -0.2) is 19.0 Å². The lowest BCUT2D eigenvalue weighted by molar-refractivity contribution is 0.0522. The van der Waals surface area contributed by atoms with Gasteiger partial charge in [0.05, 0.1) is 12.2 Å². The molecule has 0 aliphatic heterocycles. The molecule has 0 unspecified atom stereocenters. The number of hydrogen-bond acceptors (Lipinski definition) is 4. The van der Waals surface area contributed by atoms with Crippen molar-refractivity contribution in [2.24, 2.45) is 0 Å². The summed E-state index contributed by atoms with van der Waals surface area (Å²) in [5.41, 5.74) is -1.08. The lowest BCUT2D eigenvalue weighted by Gasteiger charge is -2.19. The third-order valence-corrected chi connectivity index (χ3v) is 1.92. The minimum Gasteiger partial charge on any atom is -0.476 e. The Morgan fingerprint density at radius 1 is 1.42 bits per heavy atom. The Hall–Kier alpha value is -2.18. The van der Waals surface area contributed by atoms with Crippen molar-refractivity contribution in [3.63, 3.8) is 0 Å². The van der Waals surface area contributed by atoms with Gasteiger partial charge in [0.15, 0.2) is 11.5 Å². The predicted molar refractivity (Wildman–Crippen MR) is 64.2 cm³/mol. The zero-order valence-electron chi connectivity index (χ0n) is 10.9. The summed E-state index contributed by atoms with van der Waals surface area (Å²) in [6.07, 6.45) is -0.657. The van der Waals surface area contributed by atoms with Crippen molar-refractivity contribution in [2.75, 3.05) is 0 Å². The molecule has 0 fully saturated rings. The van der Waals surface area contributed by atoms with Gasteiger partial charge >= 0.3 is 12.1 Å². The minimum atomic E-state index is -1.46. The molecule has 0 aromatic carbocycles. The number of halogens is 1. The quantitative estimate of drug-likeness (QED) is 0.876. The SMILES string of the molecule is CC(C)(C)OC(=O)NCc1ccc(F)c(C(=O)O)n1. The number of aromatic nitrogens is 1. The van der Waals surface area contributed by atoms with E-state index in [9.17, 15) is 14.0 Å². The third kappa shape index (κ3) is 4.90. The highest BCUT2D eigenvalue weighted by atomic mass is 19.1. The van der Waals surface area contributed by atoms with Gasteiger partial charge in [-0.15, -0.1) is 0 Å². The van der Waals surface area contributed by atoms with Crippen molar-refractivity contribution in [1.29, 1.82) is 0 Å². The number of nitrogens with one attached hydrogen (secondary N) is 1. The monoisotopic (exact) mass is 270 g/mol. The Kier molecular flexibility index (Phi) is 4.42. The molecule has 0 aliphatic rings. The molecule has 19 heavy (non-hydrogen) atoms. The highest BCUT2D eigenvalue weighted by molar-refractivity contribution is 5.85. The van der Waals surface area contributed by atoms with Crippen LogP contribution in [0, 0.1) is 5.82 Å². The number of nitrogens with zero attached hydrogens (tertiary/aromatic N) is 1. The van der Waals surface area contributed by atoms with E-state index in [4.69, 9.17) is 9.84 Å². The lowest BCUT2D eigenvalue weighted by Crippen LogP contribution is -2.32. The van der Waals surface area contributed by atoms with Crippen LogP contribution in [-0.2, 0) is 11.3 Å². The number of carbonyl (C=O) groups is 2. The molecule has 7 heteroatoms. The molecule has 2 N–H and O–H groups in total. The van der Waals surface area contributed by atoms with Crippen LogP contribution in [0.3, 0.4) is 0 Å². The van der Waals surface area contributed by atoms with Crippen molar-refractivity contribution in [2.45, 2.75) is 32.9 Å². The molecule has 0 bridgehead atoms. The van der Waals surface area contributed by atoms with E-state index in [0.717, 1.165) is 6.07 Å². The Morgan fingerprint density at radius 2 is 2.05 bits per heavy atom. The van der Waals surface area contributed by atoms with Gasteiger partial charge in [0.25, 0.3) is 0 Å². The molecule has 1 aromatic heterocycles. The molecule has 104 valence electrons. The van der Waals surface area contributed by atoms with Gasteiger partial charge in [0.1, 0.15) is 5.60 Å². The number of aromatic carboxylic acids is 1. The van der Waals surface area contributed by atoms with Crippen molar-refractivity contribution >= 4 is 12.1 Å². The topological polar surface area (TPSA) is 88.5 Å². The Morgan fingerprint density at radius 3 is 2.58 bits per heavy atom. The van der Waals surface area contributed by atoms with Gasteiger partial charge in [-0.05, 0) is 32.9 Å². The number of alkyl carbamates (subject to hydrolysis) is 1. The molecule has 0 atom stereocenters. The molecule has 0 aliphatic carbocycles. The maximum atomic E-state index is 13.1. The molecule has 1 aromatic rings. The van der Waals surface area contributed by atoms with Gasteiger partial charge < -0.3 is 15.2 Å². The molecule has 1 amide bonds. The van der Waals surface area contributed by atoms with E-state index in [1.54, 1.807) is 20.8 Å². The third-order valence-electron chi connectivity index (χ3n) is 1.92. The van der Waals surface area contributed by atoms with Crippen LogP contribution < -0.4 is 5.32 Å². The average Bonchev–Trinajstić information content (AvgIpc) is 2.25. The Balaban J connectivity index is 2.66. The lowest BCUT2D eigenvalue weighted by atomic mass is 10.2. The van der Waals surface area contributed by atoms with Crippen LogP contribution in [-0.4, -0.2) is 27.8 Å². The van der Waals surface area contributed by atoms with E-state index in [1.165, 1.54) is 6.07 Å². The van der Waals surface area contributed by atoms with Crippen LogP contribution in [0.15, 0.2) is 12.1 Å². The normalized spacial score (nSPS) is 10.9. The molecule has 1 rings (SSSR count). The van der Waals surface area contributed by atoms with E-state index >= 15 is 0 Å². The fourth-order valence-electron chi connectivity index (χ4n) is 1.21. The summed E-state index contributed by atoms with van der Waals surface area (Å²) in [6.45, 7) is 5.09. The van der Waals surface area contributed by atoms with Crippen molar-refractivity contribution < 1.29 is 23.8 Å². The summed E-state index contributed by atoms with van der Waals surface area (Å²) < 4.78 is 18.1. The molecule has 1 heterocycles. The maximum absolute atomic E-state index is 13.1. The Labute approximate surface area is 109 Å². The van der Waals surface area contributed by atoms with Gasteiger partial charge in [0.2, 0.25) is 0 Å². The summed E-state index contributed by atoms with van der Waals surface area (Å²) in [6, 6.07) is 2.28. The first kappa shape index (κ1) is 14.9. The van der Waals surface area contributed by atoms with Gasteiger partial charge in [-0.2, -0.15) is 0 Å². The van der Waals surface area contributed by atoms with E-state index in [0.29, 0.717) is 0 Å². The summed E-state index contributed by atoms with van der Waals surface area (Å²) >= 11 is 0. The number of rotatable bonds is 3. The van der Waals surface area contributed by atoms with Gasteiger partial charge in [0, 0.05) is 0 Å². The van der Waals surface area contributed by atoms with Crippen molar-refractivity contribution in [3.8, 4) is 0 Å². The minimum absolute atomic E-state index is 0.0462. The molecule has 0 saturated carbocycles. The summed E-state index contributed by atoms with van der Waals surface area (Å²) in [5, 5.41) is 11.1. The van der Waals surface area contributed by atoms with E-state index in [2.05, 4.69) is 10.3 Å². The van der Waals surface area contributed by atoms with Crippen molar-refractivity contribution in [3.05, 3.63) is 29.3 Å². The smallest absolute Gasteiger partial charge is 0.407 e. The van der Waals surface area contributed by atoms with Crippen LogP contribution in [0.2, 0.25) is 0 Å².